The highest BCUT2D eigenvalue weighted by molar-refractivity contribution is 4.87. The lowest BCUT2D eigenvalue weighted by atomic mass is 10.1. The molecular weight excluding hydrogens is 122 g/mol. The van der Waals surface area contributed by atoms with Crippen LogP contribution in [-0.4, -0.2) is 12.1 Å². The summed E-state index contributed by atoms with van der Waals surface area (Å²) >= 11 is 0. The first kappa shape index (κ1) is 8.06. The predicted octanol–water partition coefficient (Wildman–Crippen LogP) is 2.56. The van der Waals surface area contributed by atoms with Crippen molar-refractivity contribution < 1.29 is 1.43 Å². The molecule has 2 bridgehead atoms. The Morgan fingerprint density at radius 2 is 1.50 bits per heavy atom. The average molecular weight is 143 g/mol. The third kappa shape index (κ3) is 1.72. The summed E-state index contributed by atoms with van der Waals surface area (Å²) in [5.74, 6) is 0. The van der Waals surface area contributed by atoms with Crippen molar-refractivity contribution >= 4 is 0 Å². The molecule has 1 nitrogen and oxygen atoms in total. The van der Waals surface area contributed by atoms with Gasteiger partial charge in [-0.25, -0.2) is 0 Å². The lowest BCUT2D eigenvalue weighted by Gasteiger charge is -2.19. The Balaban J connectivity index is 0.000000311. The number of hydrogen-bond donors (Lipinski definition) is 1. The van der Waals surface area contributed by atoms with Gasteiger partial charge in [-0.2, -0.15) is 0 Å². The molecule has 2 rings (SSSR count). The van der Waals surface area contributed by atoms with Gasteiger partial charge in [0.05, 0.1) is 0 Å². The molecule has 0 aromatic rings. The minimum Gasteiger partial charge on any atom is -0.311 e. The molecule has 0 aliphatic carbocycles. The van der Waals surface area contributed by atoms with E-state index in [9.17, 15) is 0 Å². The maximum Gasteiger partial charge on any atom is 0.00702 e. The van der Waals surface area contributed by atoms with Crippen LogP contribution >= 0.6 is 0 Å². The standard InChI is InChI=1S/C7H13N.C2H6.H2/c1-2-6-4-5-7(3-1)8-6;1-2;/h6-8H,1-5H2;1-2H3;1H. The highest BCUT2D eigenvalue weighted by Gasteiger charge is 2.26. The molecule has 2 fully saturated rings. The lowest BCUT2D eigenvalue weighted by Crippen LogP contribution is -2.33. The first-order chi connectivity index (χ1) is 4.95. The molecule has 2 aliphatic rings. The summed E-state index contributed by atoms with van der Waals surface area (Å²) in [6.45, 7) is 4.00. The van der Waals surface area contributed by atoms with Crippen molar-refractivity contribution in [2.45, 2.75) is 58.0 Å². The molecule has 0 aromatic heterocycles. The van der Waals surface area contributed by atoms with Crippen LogP contribution in [0.1, 0.15) is 47.4 Å². The van der Waals surface area contributed by atoms with Gasteiger partial charge in [0.25, 0.3) is 0 Å². The average Bonchev–Trinajstić information content (AvgIpc) is 2.35. The van der Waals surface area contributed by atoms with Crippen LogP contribution in [0.25, 0.3) is 0 Å². The highest BCUT2D eigenvalue weighted by atomic mass is 15.0. The van der Waals surface area contributed by atoms with E-state index in [0.29, 0.717) is 0 Å². The molecule has 2 heterocycles. The molecule has 2 saturated heterocycles. The summed E-state index contributed by atoms with van der Waals surface area (Å²) in [5.41, 5.74) is 0. The Morgan fingerprint density at radius 3 is 1.90 bits per heavy atom. The van der Waals surface area contributed by atoms with Crippen molar-refractivity contribution in [1.29, 1.82) is 0 Å². The Kier molecular flexibility index (Phi) is 3.20. The third-order valence-corrected chi connectivity index (χ3v) is 2.44. The quantitative estimate of drug-likeness (QED) is 0.549. The number of fused-ring (bicyclic) bond motifs is 2. The lowest BCUT2D eigenvalue weighted by molar-refractivity contribution is 0.406. The van der Waals surface area contributed by atoms with Gasteiger partial charge in [-0.3, -0.25) is 0 Å². The van der Waals surface area contributed by atoms with E-state index in [1.165, 1.54) is 32.1 Å². The van der Waals surface area contributed by atoms with Crippen molar-refractivity contribution in [1.82, 2.24) is 5.32 Å². The van der Waals surface area contributed by atoms with Gasteiger partial charge < -0.3 is 5.32 Å². The van der Waals surface area contributed by atoms with E-state index in [-0.39, 0.29) is 1.43 Å². The van der Waals surface area contributed by atoms with E-state index in [4.69, 9.17) is 0 Å². The second-order valence-corrected chi connectivity index (χ2v) is 3.07. The summed E-state index contributed by atoms with van der Waals surface area (Å²) in [6.07, 6.45) is 7.25. The molecule has 2 atom stereocenters. The normalized spacial score (nSPS) is 36.6. The fraction of sp³-hybridized carbons (Fsp3) is 1.00. The minimum atomic E-state index is 0. The summed E-state index contributed by atoms with van der Waals surface area (Å²) in [6, 6.07) is 1.82. The van der Waals surface area contributed by atoms with Gasteiger partial charge in [0.1, 0.15) is 0 Å². The molecular formula is C9H21N. The SMILES string of the molecule is C1CC2CCC(C1)N2.CC.[HH]. The van der Waals surface area contributed by atoms with Crippen molar-refractivity contribution in [2.75, 3.05) is 0 Å². The number of hydrogen-bond acceptors (Lipinski definition) is 1. The van der Waals surface area contributed by atoms with Crippen LogP contribution in [-0.2, 0) is 0 Å². The Labute approximate surface area is 65.7 Å². The maximum atomic E-state index is 3.59. The van der Waals surface area contributed by atoms with E-state index >= 15 is 0 Å². The Hall–Kier alpha value is -0.0400. The topological polar surface area (TPSA) is 12.0 Å². The zero-order valence-corrected chi connectivity index (χ0v) is 7.19. The molecule has 1 N–H and O–H groups in total. The van der Waals surface area contributed by atoms with E-state index in [2.05, 4.69) is 5.32 Å². The molecule has 2 aliphatic heterocycles. The van der Waals surface area contributed by atoms with E-state index in [1.54, 1.807) is 0 Å². The van der Waals surface area contributed by atoms with Crippen molar-refractivity contribution in [3.63, 3.8) is 0 Å². The van der Waals surface area contributed by atoms with Gasteiger partial charge in [-0.1, -0.05) is 20.3 Å². The van der Waals surface area contributed by atoms with Gasteiger partial charge in [0.2, 0.25) is 0 Å². The maximum absolute atomic E-state index is 3.59. The van der Waals surface area contributed by atoms with Gasteiger partial charge >= 0.3 is 0 Å². The fourth-order valence-corrected chi connectivity index (χ4v) is 1.97. The summed E-state index contributed by atoms with van der Waals surface area (Å²) in [5, 5.41) is 3.59. The molecule has 0 amide bonds. The van der Waals surface area contributed by atoms with Crippen LogP contribution in [0.5, 0.6) is 0 Å². The monoisotopic (exact) mass is 143 g/mol. The van der Waals surface area contributed by atoms with E-state index in [1.807, 2.05) is 13.8 Å². The molecule has 0 saturated carbocycles. The van der Waals surface area contributed by atoms with Gasteiger partial charge in [-0.15, -0.1) is 0 Å². The molecule has 0 aromatic carbocycles. The number of nitrogens with one attached hydrogen (secondary N) is 1. The van der Waals surface area contributed by atoms with Crippen LogP contribution in [0, 0.1) is 0 Å². The van der Waals surface area contributed by atoms with Crippen molar-refractivity contribution in [3.05, 3.63) is 0 Å². The first-order valence-electron chi connectivity index (χ1n) is 4.71. The summed E-state index contributed by atoms with van der Waals surface area (Å²) < 4.78 is 0. The third-order valence-electron chi connectivity index (χ3n) is 2.44. The largest absolute Gasteiger partial charge is 0.311 e. The highest BCUT2D eigenvalue weighted by Crippen LogP contribution is 2.25. The first-order valence-corrected chi connectivity index (χ1v) is 4.71. The molecule has 2 unspecified atom stereocenters. The molecule has 0 radical (unpaired) electrons. The van der Waals surface area contributed by atoms with Crippen LogP contribution in [0.4, 0.5) is 0 Å². The molecule has 0 spiro atoms. The van der Waals surface area contributed by atoms with Gasteiger partial charge in [0.15, 0.2) is 0 Å². The van der Waals surface area contributed by atoms with Crippen LogP contribution in [0.3, 0.4) is 0 Å². The second-order valence-electron chi connectivity index (χ2n) is 3.07. The van der Waals surface area contributed by atoms with Crippen molar-refractivity contribution in [3.8, 4) is 0 Å². The van der Waals surface area contributed by atoms with E-state index in [0.717, 1.165) is 12.1 Å². The predicted molar refractivity (Wildman–Crippen MR) is 47.3 cm³/mol. The van der Waals surface area contributed by atoms with Gasteiger partial charge in [-0.05, 0) is 25.7 Å². The summed E-state index contributed by atoms with van der Waals surface area (Å²) in [7, 11) is 0. The fourth-order valence-electron chi connectivity index (χ4n) is 1.97. The Morgan fingerprint density at radius 1 is 1.00 bits per heavy atom. The van der Waals surface area contributed by atoms with E-state index < -0.39 is 0 Å². The van der Waals surface area contributed by atoms with Gasteiger partial charge in [0, 0.05) is 13.5 Å². The van der Waals surface area contributed by atoms with Crippen LogP contribution < -0.4 is 5.32 Å². The summed E-state index contributed by atoms with van der Waals surface area (Å²) in [4.78, 5) is 0. The number of piperidine rings is 1. The zero-order chi connectivity index (χ0) is 7.40. The number of rotatable bonds is 0. The minimum absolute atomic E-state index is 0. The second kappa shape index (κ2) is 3.97. The van der Waals surface area contributed by atoms with Crippen LogP contribution in [0.15, 0.2) is 0 Å². The Bertz CT molecular complexity index is 81.6. The van der Waals surface area contributed by atoms with Crippen LogP contribution in [0.2, 0.25) is 0 Å². The zero-order valence-electron chi connectivity index (χ0n) is 7.19. The van der Waals surface area contributed by atoms with Crippen molar-refractivity contribution in [2.24, 2.45) is 0 Å². The molecule has 62 valence electrons. The smallest absolute Gasteiger partial charge is 0.00702 e. The molecule has 1 heteroatoms. The molecule has 10 heavy (non-hydrogen) atoms.